The average Bonchev–Trinajstić information content (AvgIpc) is 3.25. The molecule has 0 saturated heterocycles. The second kappa shape index (κ2) is 9.04. The highest BCUT2D eigenvalue weighted by molar-refractivity contribution is 7.92. The number of carbonyl (C=O) groups excluding carboxylic acids is 2. The Morgan fingerprint density at radius 3 is 2.40 bits per heavy atom. The van der Waals surface area contributed by atoms with Crippen LogP contribution < -0.4 is 0 Å². The normalized spacial score (nSPS) is 13.5. The fourth-order valence-electron chi connectivity index (χ4n) is 3.22. The Kier molecular flexibility index (Phi) is 6.46. The van der Waals surface area contributed by atoms with Crippen LogP contribution >= 0.6 is 0 Å². The molecule has 30 heavy (non-hydrogen) atoms. The summed E-state index contributed by atoms with van der Waals surface area (Å²) in [5.41, 5.74) is 0.422. The molecule has 3 aromatic rings. The van der Waals surface area contributed by atoms with Gasteiger partial charge in [-0.25, -0.2) is 12.8 Å². The number of hydrogen-bond acceptors (Lipinski definition) is 7. The number of tetrazole rings is 1. The molecule has 0 aliphatic heterocycles. The second-order valence-electron chi connectivity index (χ2n) is 6.62. The van der Waals surface area contributed by atoms with Crippen molar-refractivity contribution in [3.8, 4) is 5.69 Å². The Balaban J connectivity index is 2.14. The van der Waals surface area contributed by atoms with Crippen molar-refractivity contribution in [2.75, 3.05) is 0 Å². The van der Waals surface area contributed by atoms with E-state index in [0.29, 0.717) is 12.0 Å². The summed E-state index contributed by atoms with van der Waals surface area (Å²) >= 11 is 0. The lowest BCUT2D eigenvalue weighted by Crippen LogP contribution is -2.39. The molecule has 2 unspecified atom stereocenters. The van der Waals surface area contributed by atoms with Crippen molar-refractivity contribution in [1.82, 2.24) is 20.2 Å². The maximum absolute atomic E-state index is 13.6. The van der Waals surface area contributed by atoms with E-state index in [4.69, 9.17) is 0 Å². The van der Waals surface area contributed by atoms with Gasteiger partial charge in [0.2, 0.25) is 9.84 Å². The van der Waals surface area contributed by atoms with E-state index in [1.807, 2.05) is 0 Å². The number of aldehydes is 1. The Morgan fingerprint density at radius 2 is 1.80 bits per heavy atom. The first kappa shape index (κ1) is 21.4. The third kappa shape index (κ3) is 4.18. The summed E-state index contributed by atoms with van der Waals surface area (Å²) in [6.07, 6.45) is 0.692. The fourth-order valence-corrected chi connectivity index (χ4v) is 5.20. The van der Waals surface area contributed by atoms with Crippen molar-refractivity contribution in [3.05, 3.63) is 66.0 Å². The van der Waals surface area contributed by atoms with Crippen molar-refractivity contribution in [1.29, 1.82) is 0 Å². The number of aromatic nitrogens is 4. The smallest absolute Gasteiger partial charge is 0.273 e. The van der Waals surface area contributed by atoms with Gasteiger partial charge in [0, 0.05) is 12.0 Å². The van der Waals surface area contributed by atoms with Crippen LogP contribution in [0.3, 0.4) is 0 Å². The maximum atomic E-state index is 13.6. The van der Waals surface area contributed by atoms with Gasteiger partial charge in [0.05, 0.1) is 5.69 Å². The van der Waals surface area contributed by atoms with E-state index in [2.05, 4.69) is 15.5 Å². The number of benzene rings is 2. The molecular formula is C20H19FN4O4S. The van der Waals surface area contributed by atoms with E-state index in [1.165, 1.54) is 12.1 Å². The van der Waals surface area contributed by atoms with E-state index in [-0.39, 0.29) is 18.4 Å². The third-order valence-corrected chi connectivity index (χ3v) is 6.80. The van der Waals surface area contributed by atoms with Gasteiger partial charge in [-0.15, -0.1) is 0 Å². The summed E-state index contributed by atoms with van der Waals surface area (Å²) in [5, 5.41) is 8.79. The van der Waals surface area contributed by atoms with E-state index >= 15 is 0 Å². The van der Waals surface area contributed by atoms with Crippen LogP contribution in [0.5, 0.6) is 0 Å². The summed E-state index contributed by atoms with van der Waals surface area (Å²) in [5.74, 6) is -2.10. The number of ketones is 1. The lowest BCUT2D eigenvalue weighted by molar-refractivity contribution is -0.108. The van der Waals surface area contributed by atoms with Crippen LogP contribution in [0, 0.1) is 11.7 Å². The minimum atomic E-state index is -4.40. The Hall–Kier alpha value is -3.27. The Bertz CT molecular complexity index is 1130. The van der Waals surface area contributed by atoms with Gasteiger partial charge < -0.3 is 4.79 Å². The second-order valence-corrected chi connectivity index (χ2v) is 8.58. The first-order valence-electron chi connectivity index (χ1n) is 9.21. The third-order valence-electron chi connectivity index (χ3n) is 4.77. The highest BCUT2D eigenvalue weighted by atomic mass is 32.2. The molecule has 0 saturated carbocycles. The Labute approximate surface area is 172 Å². The van der Waals surface area contributed by atoms with E-state index in [9.17, 15) is 22.4 Å². The van der Waals surface area contributed by atoms with Crippen molar-refractivity contribution in [3.63, 3.8) is 0 Å². The SMILES string of the molecule is CCC(CC=O)C(C(=O)c1ccc(F)cc1)S(=O)(=O)c1nnnn1-c1ccccc1. The van der Waals surface area contributed by atoms with Crippen LogP contribution in [0.15, 0.2) is 59.8 Å². The fraction of sp³-hybridized carbons (Fsp3) is 0.250. The summed E-state index contributed by atoms with van der Waals surface area (Å²) in [6, 6.07) is 13.0. The molecule has 156 valence electrons. The minimum absolute atomic E-state index is 0.0214. The molecule has 0 radical (unpaired) electrons. The van der Waals surface area contributed by atoms with Gasteiger partial charge in [0.25, 0.3) is 5.16 Å². The zero-order valence-corrected chi connectivity index (χ0v) is 16.9. The van der Waals surface area contributed by atoms with Crippen LogP contribution in [0.2, 0.25) is 0 Å². The monoisotopic (exact) mass is 430 g/mol. The van der Waals surface area contributed by atoms with Crippen LogP contribution in [0.4, 0.5) is 4.39 Å². The lowest BCUT2D eigenvalue weighted by atomic mass is 9.93. The van der Waals surface area contributed by atoms with Crippen molar-refractivity contribution >= 4 is 21.9 Å². The van der Waals surface area contributed by atoms with Crippen molar-refractivity contribution in [2.45, 2.75) is 30.2 Å². The summed E-state index contributed by atoms with van der Waals surface area (Å²) < 4.78 is 41.5. The number of hydrogen-bond donors (Lipinski definition) is 0. The molecule has 0 amide bonds. The standard InChI is InChI=1S/C20H19FN4O4S/c1-2-14(12-13-26)19(18(27)15-8-10-16(21)11-9-15)30(28,29)20-22-23-24-25(20)17-6-4-3-5-7-17/h3-11,13-14,19H,2,12H2,1H3. The van der Waals surface area contributed by atoms with E-state index in [1.54, 1.807) is 37.3 Å². The van der Waals surface area contributed by atoms with Crippen molar-refractivity contribution in [2.24, 2.45) is 5.92 Å². The van der Waals surface area contributed by atoms with Gasteiger partial charge in [-0.2, -0.15) is 4.68 Å². The number of nitrogens with zero attached hydrogens (tertiary/aromatic N) is 4. The molecule has 1 heterocycles. The first-order chi connectivity index (χ1) is 14.4. The van der Waals surface area contributed by atoms with Crippen LogP contribution in [-0.4, -0.2) is 45.9 Å². The average molecular weight is 430 g/mol. The summed E-state index contributed by atoms with van der Waals surface area (Å²) in [7, 11) is -4.40. The number of Topliss-reactive ketones (excluding diaryl/α,β-unsaturated/α-hetero) is 1. The van der Waals surface area contributed by atoms with E-state index < -0.39 is 37.8 Å². The van der Waals surface area contributed by atoms with Gasteiger partial charge in [-0.3, -0.25) is 4.79 Å². The molecule has 3 rings (SSSR count). The zero-order valence-electron chi connectivity index (χ0n) is 16.1. The summed E-state index contributed by atoms with van der Waals surface area (Å²) in [6.45, 7) is 1.69. The number of halogens is 1. The number of rotatable bonds is 9. The Morgan fingerprint density at radius 1 is 1.13 bits per heavy atom. The molecule has 0 fully saturated rings. The van der Waals surface area contributed by atoms with Gasteiger partial charge in [0.15, 0.2) is 5.78 Å². The highest BCUT2D eigenvalue weighted by Gasteiger charge is 2.43. The van der Waals surface area contributed by atoms with Gasteiger partial charge in [0.1, 0.15) is 17.4 Å². The molecule has 2 atom stereocenters. The van der Waals surface area contributed by atoms with Crippen LogP contribution in [0.25, 0.3) is 5.69 Å². The predicted molar refractivity (Wildman–Crippen MR) is 105 cm³/mol. The molecule has 0 N–H and O–H groups in total. The largest absolute Gasteiger partial charge is 0.303 e. The molecule has 2 aromatic carbocycles. The number of para-hydroxylation sites is 1. The van der Waals surface area contributed by atoms with Crippen molar-refractivity contribution < 1.29 is 22.4 Å². The van der Waals surface area contributed by atoms with Crippen LogP contribution in [0.1, 0.15) is 30.1 Å². The van der Waals surface area contributed by atoms with Crippen LogP contribution in [-0.2, 0) is 14.6 Å². The molecule has 0 bridgehead atoms. The molecule has 0 spiro atoms. The highest BCUT2D eigenvalue weighted by Crippen LogP contribution is 2.28. The predicted octanol–water partition coefficient (Wildman–Crippen LogP) is 2.44. The molecule has 1 aromatic heterocycles. The van der Waals surface area contributed by atoms with Gasteiger partial charge in [-0.1, -0.05) is 36.6 Å². The van der Waals surface area contributed by atoms with Gasteiger partial charge in [-0.05, 0) is 52.7 Å². The molecule has 8 nitrogen and oxygen atoms in total. The molecular weight excluding hydrogens is 411 g/mol. The number of carbonyl (C=O) groups is 2. The molecule has 0 aliphatic rings. The van der Waals surface area contributed by atoms with E-state index in [0.717, 1.165) is 16.8 Å². The quantitative estimate of drug-likeness (QED) is 0.379. The first-order valence-corrected chi connectivity index (χ1v) is 10.8. The lowest BCUT2D eigenvalue weighted by Gasteiger charge is -2.23. The maximum Gasteiger partial charge on any atom is 0.273 e. The molecule has 0 aliphatic carbocycles. The molecule has 10 heteroatoms. The zero-order chi connectivity index (χ0) is 21.7. The summed E-state index contributed by atoms with van der Waals surface area (Å²) in [4.78, 5) is 24.4. The minimum Gasteiger partial charge on any atom is -0.303 e. The number of sulfone groups is 1. The van der Waals surface area contributed by atoms with Gasteiger partial charge >= 0.3 is 0 Å². The topological polar surface area (TPSA) is 112 Å².